The predicted molar refractivity (Wildman–Crippen MR) is 414 cm³/mol. The number of primary amides is 5. The van der Waals surface area contributed by atoms with E-state index in [-0.39, 0.29) is 35.8 Å². The van der Waals surface area contributed by atoms with E-state index in [2.05, 4.69) is 107 Å². The fourth-order valence-corrected chi connectivity index (χ4v) is 12.0. The first-order chi connectivity index (χ1) is 49.3. The number of aryl methyl sites for hydroxylation is 5. The standard InChI is InChI=1S/C22H21N3O2.C22H19N3O.C22H21NO2.C21H20N2O/c23-21(26)12-10-18-13-16(15-5-2-1-3-6-15)9-11-20(18)17-7-4-8-19(14-17)25-22(24)27;1-24-25-20-9-5-8-18(15-20)21-12-10-17(16-6-3-2-4-7-16)14-19(21)11-13-22(23)26;1-15-11-19(14-20(24)12-15)21-9-7-17(16-5-3-2-4-6-16)13-18(21)8-10-22(23)25;22-19-8-4-7-17(14-19)20-11-9-16(15-5-2-1-3-6-15)13-18(20)10-12-21(23)24/h1-9,11,13-14H,10,12H2,(H2,23,26)(H3,24,25,27);2-10,12,14-15,25H,11,13H2,(H2,23,26);2-7,9,11-14,24H,8,10H2,1H3,(H2,23,25);1-9,11,13-14H,10,12,22H2,(H2,23,24). The number of nitrogen functional groups attached to an aromatic ring is 1. The Bertz CT molecular complexity index is 4910. The molecule has 0 radical (unpaired) electrons. The average molecular weight is 1350 g/mol. The molecule has 0 aliphatic carbocycles. The minimum absolute atomic E-state index is 0.239. The first-order valence-corrected chi connectivity index (χ1v) is 33.3. The van der Waals surface area contributed by atoms with Crippen LogP contribution in [0, 0.1) is 13.5 Å². The molecule has 0 saturated carbocycles. The lowest BCUT2D eigenvalue weighted by Gasteiger charge is -2.13. The quantitative estimate of drug-likeness (QED) is 0.0178. The van der Waals surface area contributed by atoms with Gasteiger partial charge in [-0.05, 0) is 198 Å². The molecule has 15 N–H and O–H groups in total. The number of phenolic OH excluding ortho intramolecular Hbond substituents is 1. The summed E-state index contributed by atoms with van der Waals surface area (Å²) in [5.41, 5.74) is 59.4. The number of nitrogens with two attached hydrogens (primary N) is 6. The summed E-state index contributed by atoms with van der Waals surface area (Å²) in [7, 11) is 0. The van der Waals surface area contributed by atoms with E-state index in [1.54, 1.807) is 18.2 Å². The Morgan fingerprint density at radius 1 is 0.333 bits per heavy atom. The first-order valence-electron chi connectivity index (χ1n) is 33.3. The van der Waals surface area contributed by atoms with E-state index < -0.39 is 6.03 Å². The molecule has 0 aliphatic heterocycles. The number of carbonyl (C=O) groups excluding carboxylic acids is 5. The third-order valence-corrected chi connectivity index (χ3v) is 16.8. The van der Waals surface area contributed by atoms with Gasteiger partial charge in [-0.3, -0.25) is 19.2 Å². The molecule has 0 saturated heterocycles. The Labute approximate surface area is 595 Å². The molecular formula is C87H81N9O6. The van der Waals surface area contributed by atoms with Crippen LogP contribution in [0.3, 0.4) is 0 Å². The smallest absolute Gasteiger partial charge is 0.316 e. The average Bonchev–Trinajstić information content (AvgIpc) is 0.830. The van der Waals surface area contributed by atoms with Crippen LogP contribution in [-0.4, -0.2) is 34.8 Å². The molecule has 0 fully saturated rings. The Hall–Kier alpha value is -13.3. The SMILES string of the molecule is Cc1cc(O)cc(-c2ccc(-c3ccccc3)cc2CCC(N)=O)c1.NC(=O)CCc1cc(-c2ccccc2)ccc1-c1cccc(N)c1.NC(=O)CCc1cc(-c2ccccc2)ccc1-c1cccc(NC(N)=O)c1.[C-]#[N+]Nc1cccc(-c2ccc(-c3ccccc3)cc2CCC(N)=O)c1. The van der Waals surface area contributed by atoms with Crippen molar-refractivity contribution in [2.24, 2.45) is 28.7 Å². The van der Waals surface area contributed by atoms with Crippen LogP contribution >= 0.6 is 0 Å². The zero-order valence-electron chi connectivity index (χ0n) is 56.7. The molecule has 0 spiro atoms. The van der Waals surface area contributed by atoms with E-state index in [1.165, 1.54) is 0 Å². The molecule has 0 unspecified atom stereocenters. The van der Waals surface area contributed by atoms with E-state index >= 15 is 0 Å². The molecule has 0 aromatic heterocycles. The van der Waals surface area contributed by atoms with Gasteiger partial charge in [0.15, 0.2) is 0 Å². The number of hydrogen-bond donors (Lipinski definition) is 9. The van der Waals surface area contributed by atoms with Gasteiger partial charge in [0.2, 0.25) is 23.6 Å². The van der Waals surface area contributed by atoms with Crippen LogP contribution in [0.2, 0.25) is 0 Å². The summed E-state index contributed by atoms with van der Waals surface area (Å²) >= 11 is 0. The summed E-state index contributed by atoms with van der Waals surface area (Å²) in [5.74, 6) is -1.02. The molecule has 0 heterocycles. The number of anilines is 3. The molecule has 0 atom stereocenters. The van der Waals surface area contributed by atoms with Crippen molar-refractivity contribution in [1.82, 2.24) is 0 Å². The van der Waals surface area contributed by atoms with Crippen LogP contribution in [0.1, 0.15) is 53.5 Å². The molecule has 12 aromatic carbocycles. The van der Waals surface area contributed by atoms with Crippen molar-refractivity contribution in [3.05, 3.63) is 324 Å². The number of carbonyl (C=O) groups is 5. The molecular weight excluding hydrogens is 1270 g/mol. The van der Waals surface area contributed by atoms with Gasteiger partial charge in [0.25, 0.3) is 0 Å². The van der Waals surface area contributed by atoms with Crippen molar-refractivity contribution in [3.63, 3.8) is 0 Å². The van der Waals surface area contributed by atoms with Gasteiger partial charge < -0.3 is 44.8 Å². The van der Waals surface area contributed by atoms with Crippen LogP contribution in [0.15, 0.2) is 285 Å². The Morgan fingerprint density at radius 2 is 0.647 bits per heavy atom. The van der Waals surface area contributed by atoms with Crippen molar-refractivity contribution in [2.75, 3.05) is 16.5 Å². The topological polar surface area (TPSA) is 290 Å². The van der Waals surface area contributed by atoms with Crippen molar-refractivity contribution >= 4 is 46.7 Å². The van der Waals surface area contributed by atoms with Crippen LogP contribution in [-0.2, 0) is 44.9 Å². The Kier molecular flexibility index (Phi) is 26.0. The predicted octanol–water partition coefficient (Wildman–Crippen LogP) is 17.1. The van der Waals surface area contributed by atoms with Gasteiger partial charge in [-0.25, -0.2) is 4.79 Å². The molecule has 0 aliphatic rings. The highest BCUT2D eigenvalue weighted by molar-refractivity contribution is 5.89. The number of aromatic hydroxyl groups is 1. The van der Waals surface area contributed by atoms with Crippen molar-refractivity contribution in [1.29, 1.82) is 0 Å². The molecule has 15 nitrogen and oxygen atoms in total. The van der Waals surface area contributed by atoms with Gasteiger partial charge in [-0.2, -0.15) is 11.5 Å². The lowest BCUT2D eigenvalue weighted by atomic mass is 9.92. The number of urea groups is 1. The van der Waals surface area contributed by atoms with E-state index in [0.717, 1.165) is 128 Å². The highest BCUT2D eigenvalue weighted by Gasteiger charge is 2.16. The van der Waals surface area contributed by atoms with E-state index in [9.17, 15) is 29.1 Å². The second-order valence-electron chi connectivity index (χ2n) is 24.4. The summed E-state index contributed by atoms with van der Waals surface area (Å²) in [6.45, 7) is 8.91. The maximum atomic E-state index is 11.3. The summed E-state index contributed by atoms with van der Waals surface area (Å²) in [5, 5.41) is 12.5. The van der Waals surface area contributed by atoms with Gasteiger partial charge in [0, 0.05) is 37.1 Å². The van der Waals surface area contributed by atoms with Gasteiger partial charge in [-0.1, -0.05) is 242 Å². The fraction of sp³-hybridized carbons (Fsp3) is 0.103. The zero-order chi connectivity index (χ0) is 72.3. The lowest BCUT2D eigenvalue weighted by molar-refractivity contribution is -0.118. The molecule has 510 valence electrons. The minimum Gasteiger partial charge on any atom is -0.508 e. The van der Waals surface area contributed by atoms with Crippen LogP contribution < -0.4 is 45.1 Å². The highest BCUT2D eigenvalue weighted by Crippen LogP contribution is 2.36. The summed E-state index contributed by atoms with van der Waals surface area (Å²) in [4.78, 5) is 59.4. The Balaban J connectivity index is 0.000000158. The number of nitrogens with one attached hydrogen (secondary N) is 2. The maximum Gasteiger partial charge on any atom is 0.316 e. The number of hydrogen-bond acceptors (Lipinski definition) is 8. The summed E-state index contributed by atoms with van der Waals surface area (Å²) < 4.78 is 0. The summed E-state index contributed by atoms with van der Waals surface area (Å²) in [6.07, 6.45) is 3.48. The molecule has 12 aromatic rings. The molecule has 102 heavy (non-hydrogen) atoms. The van der Waals surface area contributed by atoms with Gasteiger partial charge in [-0.15, -0.1) is 0 Å². The van der Waals surface area contributed by atoms with Crippen LogP contribution in [0.25, 0.3) is 94.0 Å². The van der Waals surface area contributed by atoms with Crippen LogP contribution in [0.5, 0.6) is 5.75 Å². The maximum absolute atomic E-state index is 11.3. The number of phenols is 1. The largest absolute Gasteiger partial charge is 0.508 e. The van der Waals surface area contributed by atoms with E-state index in [1.807, 2.05) is 183 Å². The second-order valence-corrected chi connectivity index (χ2v) is 24.4. The monoisotopic (exact) mass is 1350 g/mol. The summed E-state index contributed by atoms with van der Waals surface area (Å²) in [6, 6.07) is 93.3. The number of amides is 6. The highest BCUT2D eigenvalue weighted by atomic mass is 16.3. The van der Waals surface area contributed by atoms with E-state index in [0.29, 0.717) is 50.6 Å². The third kappa shape index (κ3) is 21.6. The fourth-order valence-electron chi connectivity index (χ4n) is 12.0. The third-order valence-electron chi connectivity index (χ3n) is 16.8. The molecule has 6 amide bonds. The van der Waals surface area contributed by atoms with Gasteiger partial charge in [0.1, 0.15) is 11.4 Å². The number of benzene rings is 12. The van der Waals surface area contributed by atoms with Crippen molar-refractivity contribution < 1.29 is 29.1 Å². The Morgan fingerprint density at radius 3 is 0.971 bits per heavy atom. The molecule has 15 heteroatoms. The molecule has 0 bridgehead atoms. The van der Waals surface area contributed by atoms with Gasteiger partial charge in [0.05, 0.1) is 0 Å². The first kappa shape index (κ1) is 72.9. The van der Waals surface area contributed by atoms with Crippen LogP contribution in [0.4, 0.5) is 21.9 Å². The minimum atomic E-state index is -0.611. The van der Waals surface area contributed by atoms with E-state index in [4.69, 9.17) is 41.0 Å². The zero-order valence-corrected chi connectivity index (χ0v) is 56.7. The van der Waals surface area contributed by atoms with Crippen molar-refractivity contribution in [3.8, 4) is 94.8 Å². The lowest BCUT2D eigenvalue weighted by Crippen LogP contribution is -2.19. The number of nitrogens with zero attached hydrogens (tertiary/aromatic N) is 1. The normalized spacial score (nSPS) is 10.4. The molecule has 12 rings (SSSR count). The second kappa shape index (κ2) is 36.3. The number of rotatable bonds is 22. The van der Waals surface area contributed by atoms with Gasteiger partial charge >= 0.3 is 6.03 Å². The van der Waals surface area contributed by atoms with Crippen molar-refractivity contribution in [2.45, 2.75) is 58.3 Å².